The Balaban J connectivity index is 2.14. The van der Waals surface area contributed by atoms with E-state index in [-0.39, 0.29) is 5.91 Å². The molecule has 0 radical (unpaired) electrons. The molecular weight excluding hydrogens is 244 g/mol. The lowest BCUT2D eigenvalue weighted by atomic mass is 10.2. The number of hydrogen-bond donors (Lipinski definition) is 1. The van der Waals surface area contributed by atoms with Crippen molar-refractivity contribution in [2.75, 3.05) is 5.32 Å². The molecule has 2 rings (SSSR count). The van der Waals surface area contributed by atoms with Crippen molar-refractivity contribution in [1.29, 1.82) is 0 Å². The number of carbonyl (C=O) groups excluding carboxylic acids is 1. The molecule has 1 aromatic carbocycles. The van der Waals surface area contributed by atoms with Crippen LogP contribution in [-0.2, 0) is 0 Å². The molecule has 0 fully saturated rings. The quantitative estimate of drug-likeness (QED) is 0.891. The lowest BCUT2D eigenvalue weighted by Crippen LogP contribution is -2.11. The van der Waals surface area contributed by atoms with Crippen molar-refractivity contribution in [2.45, 2.75) is 6.92 Å². The summed E-state index contributed by atoms with van der Waals surface area (Å²) in [6, 6.07) is 6.80. The van der Waals surface area contributed by atoms with Gasteiger partial charge in [-0.15, -0.1) is 11.3 Å². The van der Waals surface area contributed by atoms with E-state index in [1.165, 1.54) is 11.3 Å². The summed E-state index contributed by atoms with van der Waals surface area (Å²) in [4.78, 5) is 15.9. The van der Waals surface area contributed by atoms with Gasteiger partial charge in [-0.25, -0.2) is 4.98 Å². The molecule has 5 heteroatoms. The molecule has 0 aliphatic heterocycles. The van der Waals surface area contributed by atoms with E-state index in [0.717, 1.165) is 5.69 Å². The molecule has 0 atom stereocenters. The summed E-state index contributed by atoms with van der Waals surface area (Å²) in [7, 11) is 0. The standard InChI is InChI=1S/C11H9ClN2OS/c1-7-6-16-11(13-7)14-10(15)8-3-2-4-9(12)5-8/h2-6H,1H3,(H,13,14,15). The van der Waals surface area contributed by atoms with Gasteiger partial charge in [0.15, 0.2) is 5.13 Å². The lowest BCUT2D eigenvalue weighted by molar-refractivity contribution is 0.102. The third kappa shape index (κ3) is 2.59. The average Bonchev–Trinajstić information content (AvgIpc) is 2.64. The highest BCUT2D eigenvalue weighted by atomic mass is 35.5. The summed E-state index contributed by atoms with van der Waals surface area (Å²) in [5.74, 6) is -0.197. The first-order valence-corrected chi connectivity index (χ1v) is 5.90. The Morgan fingerprint density at radius 2 is 2.31 bits per heavy atom. The fraction of sp³-hybridized carbons (Fsp3) is 0.0909. The molecule has 2 aromatic rings. The summed E-state index contributed by atoms with van der Waals surface area (Å²) >= 11 is 7.20. The monoisotopic (exact) mass is 252 g/mol. The van der Waals surface area contributed by atoms with Crippen LogP contribution in [0.5, 0.6) is 0 Å². The summed E-state index contributed by atoms with van der Waals surface area (Å²) in [5, 5.41) is 5.74. The Kier molecular flexibility index (Phi) is 3.22. The van der Waals surface area contributed by atoms with Crippen molar-refractivity contribution < 1.29 is 4.79 Å². The van der Waals surface area contributed by atoms with Gasteiger partial charge < -0.3 is 0 Å². The summed E-state index contributed by atoms with van der Waals surface area (Å²) in [6.07, 6.45) is 0. The number of aryl methyl sites for hydroxylation is 1. The van der Waals surface area contributed by atoms with Crippen molar-refractivity contribution in [3.05, 3.63) is 45.9 Å². The number of thiazole rings is 1. The zero-order valence-electron chi connectivity index (χ0n) is 8.53. The molecule has 3 nitrogen and oxygen atoms in total. The SMILES string of the molecule is Cc1csc(NC(=O)c2cccc(Cl)c2)n1. The minimum atomic E-state index is -0.197. The fourth-order valence-corrected chi connectivity index (χ4v) is 2.08. The number of carbonyl (C=O) groups is 1. The van der Waals surface area contributed by atoms with Gasteiger partial charge in [-0.3, -0.25) is 10.1 Å². The highest BCUT2D eigenvalue weighted by Crippen LogP contribution is 2.17. The Bertz CT molecular complexity index is 524. The topological polar surface area (TPSA) is 42.0 Å². The van der Waals surface area contributed by atoms with Crippen molar-refractivity contribution >= 4 is 34.0 Å². The third-order valence-electron chi connectivity index (χ3n) is 1.93. The van der Waals surface area contributed by atoms with E-state index >= 15 is 0 Å². The molecule has 1 aromatic heterocycles. The zero-order valence-corrected chi connectivity index (χ0v) is 10.1. The maximum Gasteiger partial charge on any atom is 0.257 e. The number of nitrogens with one attached hydrogen (secondary N) is 1. The van der Waals surface area contributed by atoms with E-state index in [2.05, 4.69) is 10.3 Å². The van der Waals surface area contributed by atoms with Crippen molar-refractivity contribution in [1.82, 2.24) is 4.98 Å². The average molecular weight is 253 g/mol. The van der Waals surface area contributed by atoms with Crippen LogP contribution in [-0.4, -0.2) is 10.9 Å². The van der Waals surface area contributed by atoms with Crippen LogP contribution >= 0.6 is 22.9 Å². The van der Waals surface area contributed by atoms with Gasteiger partial charge in [0.1, 0.15) is 0 Å². The molecule has 1 N–H and O–H groups in total. The van der Waals surface area contributed by atoms with Crippen LogP contribution in [0, 0.1) is 6.92 Å². The first kappa shape index (κ1) is 11.1. The second-order valence-electron chi connectivity index (χ2n) is 3.26. The van der Waals surface area contributed by atoms with Crippen LogP contribution in [0.3, 0.4) is 0 Å². The minimum Gasteiger partial charge on any atom is -0.298 e. The maximum absolute atomic E-state index is 11.8. The normalized spacial score (nSPS) is 10.1. The molecule has 0 unspecified atom stereocenters. The predicted molar refractivity (Wildman–Crippen MR) is 66.3 cm³/mol. The van der Waals surface area contributed by atoms with Gasteiger partial charge in [-0.2, -0.15) is 0 Å². The van der Waals surface area contributed by atoms with Gasteiger partial charge in [0.2, 0.25) is 0 Å². The van der Waals surface area contributed by atoms with Crippen LogP contribution in [0.4, 0.5) is 5.13 Å². The minimum absolute atomic E-state index is 0.197. The number of halogens is 1. The lowest BCUT2D eigenvalue weighted by Gasteiger charge is -2.01. The molecule has 0 spiro atoms. The van der Waals surface area contributed by atoms with E-state index in [9.17, 15) is 4.79 Å². The van der Waals surface area contributed by atoms with Gasteiger partial charge >= 0.3 is 0 Å². The third-order valence-corrected chi connectivity index (χ3v) is 3.04. The van der Waals surface area contributed by atoms with Crippen LogP contribution in [0.15, 0.2) is 29.6 Å². The Morgan fingerprint density at radius 1 is 1.50 bits per heavy atom. The number of aromatic nitrogens is 1. The van der Waals surface area contributed by atoms with E-state index in [1.807, 2.05) is 12.3 Å². The van der Waals surface area contributed by atoms with Crippen LogP contribution in [0.2, 0.25) is 5.02 Å². The Labute approximate surface area is 102 Å². The highest BCUT2D eigenvalue weighted by Gasteiger charge is 2.08. The number of hydrogen-bond acceptors (Lipinski definition) is 3. The van der Waals surface area contributed by atoms with E-state index < -0.39 is 0 Å². The molecule has 0 bridgehead atoms. The van der Waals surface area contributed by atoms with Gasteiger partial charge in [0.05, 0.1) is 5.69 Å². The number of nitrogens with zero attached hydrogens (tertiary/aromatic N) is 1. The molecule has 0 saturated heterocycles. The van der Waals surface area contributed by atoms with Crippen LogP contribution in [0.25, 0.3) is 0 Å². The van der Waals surface area contributed by atoms with Gasteiger partial charge in [-0.05, 0) is 25.1 Å². The van der Waals surface area contributed by atoms with E-state index in [1.54, 1.807) is 24.3 Å². The van der Waals surface area contributed by atoms with E-state index in [0.29, 0.717) is 15.7 Å². The molecule has 0 aliphatic rings. The van der Waals surface area contributed by atoms with Crippen molar-refractivity contribution in [2.24, 2.45) is 0 Å². The molecule has 1 amide bonds. The molecule has 16 heavy (non-hydrogen) atoms. The van der Waals surface area contributed by atoms with Gasteiger partial charge in [0, 0.05) is 16.0 Å². The largest absolute Gasteiger partial charge is 0.298 e. The molecule has 0 aliphatic carbocycles. The first-order chi connectivity index (χ1) is 7.65. The second kappa shape index (κ2) is 4.63. The van der Waals surface area contributed by atoms with Crippen LogP contribution in [0.1, 0.15) is 16.1 Å². The molecule has 82 valence electrons. The predicted octanol–water partition coefficient (Wildman–Crippen LogP) is 3.36. The highest BCUT2D eigenvalue weighted by molar-refractivity contribution is 7.13. The maximum atomic E-state index is 11.8. The van der Waals surface area contributed by atoms with Crippen LogP contribution < -0.4 is 5.32 Å². The van der Waals surface area contributed by atoms with Gasteiger partial charge in [0.25, 0.3) is 5.91 Å². The smallest absolute Gasteiger partial charge is 0.257 e. The fourth-order valence-electron chi connectivity index (χ4n) is 1.21. The number of amides is 1. The second-order valence-corrected chi connectivity index (χ2v) is 4.55. The van der Waals surface area contributed by atoms with Crippen molar-refractivity contribution in [3.8, 4) is 0 Å². The summed E-state index contributed by atoms with van der Waals surface area (Å²) < 4.78 is 0. The Morgan fingerprint density at radius 3 is 2.94 bits per heavy atom. The number of benzene rings is 1. The Hall–Kier alpha value is -1.39. The van der Waals surface area contributed by atoms with Gasteiger partial charge in [-0.1, -0.05) is 17.7 Å². The zero-order chi connectivity index (χ0) is 11.5. The number of rotatable bonds is 2. The number of anilines is 1. The molecule has 0 saturated carbocycles. The van der Waals surface area contributed by atoms with Crippen molar-refractivity contribution in [3.63, 3.8) is 0 Å². The molecular formula is C11H9ClN2OS. The summed E-state index contributed by atoms with van der Waals surface area (Å²) in [6.45, 7) is 1.88. The molecule has 1 heterocycles. The van der Waals surface area contributed by atoms with E-state index in [4.69, 9.17) is 11.6 Å². The summed E-state index contributed by atoms with van der Waals surface area (Å²) in [5.41, 5.74) is 1.42. The first-order valence-electron chi connectivity index (χ1n) is 4.64.